The van der Waals surface area contributed by atoms with Crippen LogP contribution >= 0.6 is 0 Å². The summed E-state index contributed by atoms with van der Waals surface area (Å²) in [5, 5.41) is 2.56. The monoisotopic (exact) mass is 277 g/mol. The van der Waals surface area contributed by atoms with Crippen LogP contribution in [0.15, 0.2) is 36.7 Å². The largest absolute Gasteiger partial charge is 0.484 e. The van der Waals surface area contributed by atoms with Crippen LogP contribution in [0.4, 0.5) is 10.1 Å². The lowest BCUT2D eigenvalue weighted by Crippen LogP contribution is -2.20. The van der Waals surface area contributed by atoms with Gasteiger partial charge in [-0.3, -0.25) is 4.79 Å². The van der Waals surface area contributed by atoms with Crippen molar-refractivity contribution in [2.24, 2.45) is 0 Å². The fourth-order valence-corrected chi connectivity index (χ4v) is 1.36. The minimum atomic E-state index is -0.372. The van der Waals surface area contributed by atoms with Crippen molar-refractivity contribution in [2.45, 2.75) is 0 Å². The molecule has 1 aromatic carbocycles. The molecular weight excluding hydrogens is 265 g/mol. The third-order valence-electron chi connectivity index (χ3n) is 2.28. The number of rotatable bonds is 5. The average Bonchev–Trinajstić information content (AvgIpc) is 2.47. The van der Waals surface area contributed by atoms with Crippen molar-refractivity contribution in [3.63, 3.8) is 0 Å². The molecular formula is C13H12FN3O3. The molecule has 0 saturated heterocycles. The Kier molecular flexibility index (Phi) is 4.43. The highest BCUT2D eigenvalue weighted by Crippen LogP contribution is 2.11. The summed E-state index contributed by atoms with van der Waals surface area (Å²) in [5.41, 5.74) is 0.429. The molecule has 0 spiro atoms. The first kappa shape index (κ1) is 13.7. The summed E-state index contributed by atoms with van der Waals surface area (Å²) in [4.78, 5) is 19.3. The predicted octanol–water partition coefficient (Wildman–Crippen LogP) is 1.64. The van der Waals surface area contributed by atoms with E-state index in [1.165, 1.54) is 43.8 Å². The van der Waals surface area contributed by atoms with Crippen LogP contribution in [-0.4, -0.2) is 29.6 Å². The van der Waals surface area contributed by atoms with Crippen molar-refractivity contribution in [3.05, 3.63) is 42.5 Å². The summed E-state index contributed by atoms with van der Waals surface area (Å²) in [5.74, 6) is -0.326. The third kappa shape index (κ3) is 3.91. The van der Waals surface area contributed by atoms with Crippen LogP contribution in [0.2, 0.25) is 0 Å². The maximum absolute atomic E-state index is 12.7. The standard InChI is InChI=1S/C13H12FN3O3/c1-19-13-15-6-10(7-16-13)17-12(18)8-20-11-4-2-9(14)3-5-11/h2-7H,8H2,1H3,(H,17,18). The van der Waals surface area contributed by atoms with E-state index in [1.54, 1.807) is 0 Å². The number of carbonyl (C=O) groups excluding carboxylic acids is 1. The molecule has 2 rings (SSSR count). The van der Waals surface area contributed by atoms with Crippen molar-refractivity contribution in [2.75, 3.05) is 19.0 Å². The van der Waals surface area contributed by atoms with Crippen LogP contribution in [0.25, 0.3) is 0 Å². The van der Waals surface area contributed by atoms with Crippen molar-refractivity contribution in [1.82, 2.24) is 9.97 Å². The van der Waals surface area contributed by atoms with Crippen molar-refractivity contribution >= 4 is 11.6 Å². The van der Waals surface area contributed by atoms with E-state index in [0.717, 1.165) is 0 Å². The molecule has 0 radical (unpaired) electrons. The van der Waals surface area contributed by atoms with Crippen LogP contribution in [0.5, 0.6) is 11.8 Å². The van der Waals surface area contributed by atoms with Gasteiger partial charge in [-0.1, -0.05) is 0 Å². The Morgan fingerprint density at radius 2 is 1.90 bits per heavy atom. The lowest BCUT2D eigenvalue weighted by molar-refractivity contribution is -0.118. The summed E-state index contributed by atoms with van der Waals surface area (Å²) < 4.78 is 22.7. The number of methoxy groups -OCH3 is 1. The van der Waals surface area contributed by atoms with Crippen LogP contribution in [0, 0.1) is 5.82 Å². The zero-order valence-corrected chi connectivity index (χ0v) is 10.7. The first-order valence-corrected chi connectivity index (χ1v) is 5.71. The van der Waals surface area contributed by atoms with Gasteiger partial charge in [0.15, 0.2) is 6.61 Å². The van der Waals surface area contributed by atoms with E-state index in [9.17, 15) is 9.18 Å². The first-order valence-electron chi connectivity index (χ1n) is 5.71. The number of aromatic nitrogens is 2. The number of halogens is 1. The van der Waals surface area contributed by atoms with Crippen LogP contribution in [-0.2, 0) is 4.79 Å². The van der Waals surface area contributed by atoms with E-state index in [0.29, 0.717) is 11.4 Å². The zero-order chi connectivity index (χ0) is 14.4. The molecule has 0 aliphatic rings. The molecule has 0 aliphatic heterocycles. The van der Waals surface area contributed by atoms with Crippen molar-refractivity contribution in [3.8, 4) is 11.8 Å². The van der Waals surface area contributed by atoms with Gasteiger partial charge >= 0.3 is 6.01 Å². The van der Waals surface area contributed by atoms with Gasteiger partial charge in [0.05, 0.1) is 25.2 Å². The van der Waals surface area contributed by atoms with Crippen LogP contribution < -0.4 is 14.8 Å². The topological polar surface area (TPSA) is 73.3 Å². The summed E-state index contributed by atoms with van der Waals surface area (Å²) in [6.45, 7) is -0.197. The Bertz CT molecular complexity index is 572. The average molecular weight is 277 g/mol. The lowest BCUT2D eigenvalue weighted by Gasteiger charge is -2.07. The van der Waals surface area contributed by atoms with E-state index in [-0.39, 0.29) is 24.3 Å². The normalized spacial score (nSPS) is 9.90. The second kappa shape index (κ2) is 6.46. The quantitative estimate of drug-likeness (QED) is 0.899. The van der Waals surface area contributed by atoms with Gasteiger partial charge in [-0.25, -0.2) is 14.4 Å². The number of anilines is 1. The molecule has 0 fully saturated rings. The number of amides is 1. The maximum atomic E-state index is 12.7. The minimum absolute atomic E-state index is 0.197. The molecule has 20 heavy (non-hydrogen) atoms. The number of nitrogens with zero attached hydrogens (tertiary/aromatic N) is 2. The van der Waals surface area contributed by atoms with E-state index in [2.05, 4.69) is 15.3 Å². The van der Waals surface area contributed by atoms with E-state index in [1.807, 2.05) is 0 Å². The Morgan fingerprint density at radius 3 is 2.50 bits per heavy atom. The number of hydrogen-bond donors (Lipinski definition) is 1. The van der Waals surface area contributed by atoms with E-state index in [4.69, 9.17) is 9.47 Å². The van der Waals surface area contributed by atoms with Crippen molar-refractivity contribution in [1.29, 1.82) is 0 Å². The molecule has 0 saturated carbocycles. The van der Waals surface area contributed by atoms with E-state index < -0.39 is 0 Å². The molecule has 1 aromatic heterocycles. The molecule has 6 nitrogen and oxygen atoms in total. The van der Waals surface area contributed by atoms with Gasteiger partial charge in [-0.2, -0.15) is 0 Å². The van der Waals surface area contributed by atoms with Crippen molar-refractivity contribution < 1.29 is 18.7 Å². The molecule has 0 aliphatic carbocycles. The number of hydrogen-bond acceptors (Lipinski definition) is 5. The summed E-state index contributed by atoms with van der Waals surface area (Å²) in [6, 6.07) is 5.61. The number of carbonyl (C=O) groups is 1. The van der Waals surface area contributed by atoms with Gasteiger partial charge in [0, 0.05) is 0 Å². The van der Waals surface area contributed by atoms with Gasteiger partial charge in [0.1, 0.15) is 11.6 Å². The second-order valence-electron chi connectivity index (χ2n) is 3.75. The maximum Gasteiger partial charge on any atom is 0.316 e. The molecule has 0 unspecified atom stereocenters. The minimum Gasteiger partial charge on any atom is -0.484 e. The Balaban J connectivity index is 1.84. The predicted molar refractivity (Wildman–Crippen MR) is 69.1 cm³/mol. The van der Waals surface area contributed by atoms with Crippen LogP contribution in [0.3, 0.4) is 0 Å². The number of nitrogens with one attached hydrogen (secondary N) is 1. The van der Waals surface area contributed by atoms with Gasteiger partial charge in [0.2, 0.25) is 0 Å². The smallest absolute Gasteiger partial charge is 0.316 e. The molecule has 7 heteroatoms. The Labute approximate surface area is 114 Å². The Hall–Kier alpha value is -2.70. The highest BCUT2D eigenvalue weighted by molar-refractivity contribution is 5.91. The highest BCUT2D eigenvalue weighted by Gasteiger charge is 2.05. The third-order valence-corrected chi connectivity index (χ3v) is 2.28. The van der Waals surface area contributed by atoms with Gasteiger partial charge in [0.25, 0.3) is 5.91 Å². The Morgan fingerprint density at radius 1 is 1.25 bits per heavy atom. The van der Waals surface area contributed by atoms with Crippen LogP contribution in [0.1, 0.15) is 0 Å². The molecule has 0 bridgehead atoms. The number of ether oxygens (including phenoxy) is 2. The molecule has 104 valence electrons. The first-order chi connectivity index (χ1) is 9.67. The molecule has 1 amide bonds. The fourth-order valence-electron chi connectivity index (χ4n) is 1.36. The van der Waals surface area contributed by atoms with Gasteiger partial charge in [-0.15, -0.1) is 0 Å². The van der Waals surface area contributed by atoms with Gasteiger partial charge < -0.3 is 14.8 Å². The summed E-state index contributed by atoms with van der Waals surface area (Å²) in [7, 11) is 1.45. The lowest BCUT2D eigenvalue weighted by atomic mass is 10.3. The SMILES string of the molecule is COc1ncc(NC(=O)COc2ccc(F)cc2)cn1. The molecule has 1 heterocycles. The van der Waals surface area contributed by atoms with Gasteiger partial charge in [-0.05, 0) is 24.3 Å². The summed E-state index contributed by atoms with van der Waals surface area (Å²) in [6.07, 6.45) is 2.84. The zero-order valence-electron chi connectivity index (χ0n) is 10.7. The number of benzene rings is 1. The molecule has 1 N–H and O–H groups in total. The second-order valence-corrected chi connectivity index (χ2v) is 3.75. The highest BCUT2D eigenvalue weighted by atomic mass is 19.1. The molecule has 2 aromatic rings. The fraction of sp³-hybridized carbons (Fsp3) is 0.154. The molecule has 0 atom stereocenters. The van der Waals surface area contributed by atoms with E-state index >= 15 is 0 Å². The summed E-state index contributed by atoms with van der Waals surface area (Å²) >= 11 is 0.